The Bertz CT molecular complexity index is 683. The third kappa shape index (κ3) is 4.05. The first-order valence-corrected chi connectivity index (χ1v) is 7.17. The van der Waals surface area contributed by atoms with E-state index in [0.717, 1.165) is 22.3 Å². The molecule has 0 fully saturated rings. The van der Waals surface area contributed by atoms with Gasteiger partial charge in [-0.05, 0) is 49.1 Å². The van der Waals surface area contributed by atoms with Crippen molar-refractivity contribution in [1.29, 1.82) is 0 Å². The molecule has 0 unspecified atom stereocenters. The molecule has 2 aromatic rings. The van der Waals surface area contributed by atoms with Gasteiger partial charge in [0.2, 0.25) is 0 Å². The van der Waals surface area contributed by atoms with E-state index < -0.39 is 0 Å². The monoisotopic (exact) mass is 375 g/mol. The molecule has 0 N–H and O–H groups in total. The van der Waals surface area contributed by atoms with Crippen molar-refractivity contribution in [2.45, 2.75) is 34.6 Å². The summed E-state index contributed by atoms with van der Waals surface area (Å²) in [6, 6.07) is 11.0. The molecule has 0 aromatic heterocycles. The van der Waals surface area contributed by atoms with Crippen molar-refractivity contribution in [3.05, 3.63) is 75.4 Å². The van der Waals surface area contributed by atoms with Gasteiger partial charge in [-0.25, -0.2) is 0 Å². The molecule has 0 spiro atoms. The van der Waals surface area contributed by atoms with E-state index in [1.165, 1.54) is 16.7 Å². The minimum atomic E-state index is 0. The molecule has 0 amide bonds. The van der Waals surface area contributed by atoms with Crippen LogP contribution in [0.1, 0.15) is 43.7 Å². The summed E-state index contributed by atoms with van der Waals surface area (Å²) in [6.07, 6.45) is 3.57. The molecule has 0 radical (unpaired) electrons. The van der Waals surface area contributed by atoms with Gasteiger partial charge in [0.15, 0.2) is 5.78 Å². The van der Waals surface area contributed by atoms with Crippen LogP contribution >= 0.6 is 0 Å². The third-order valence-corrected chi connectivity index (χ3v) is 4.01. The van der Waals surface area contributed by atoms with Gasteiger partial charge in [0.1, 0.15) is 0 Å². The van der Waals surface area contributed by atoms with Crippen LogP contribution in [-0.4, -0.2) is 5.78 Å². The summed E-state index contributed by atoms with van der Waals surface area (Å²) in [5.74, 6) is 0.0508. The number of aryl methyl sites for hydroxylation is 4. The van der Waals surface area contributed by atoms with Gasteiger partial charge in [-0.3, -0.25) is 4.79 Å². The molecular formula is C20H21MoO-. The molecule has 2 heteroatoms. The molecule has 114 valence electrons. The van der Waals surface area contributed by atoms with Crippen molar-refractivity contribution >= 4 is 11.9 Å². The van der Waals surface area contributed by atoms with Crippen molar-refractivity contribution in [2.24, 2.45) is 0 Å². The van der Waals surface area contributed by atoms with Crippen LogP contribution in [-0.2, 0) is 21.1 Å². The van der Waals surface area contributed by atoms with Crippen LogP contribution in [0.5, 0.6) is 0 Å². The third-order valence-electron chi connectivity index (χ3n) is 4.01. The molecule has 0 bridgehead atoms. The molecule has 0 heterocycles. The largest absolute Gasteiger partial charge is 0.292 e. The first-order chi connectivity index (χ1) is 9.90. The van der Waals surface area contributed by atoms with Crippen molar-refractivity contribution in [3.63, 3.8) is 0 Å². The minimum absolute atomic E-state index is 0. The number of benzene rings is 2. The van der Waals surface area contributed by atoms with Gasteiger partial charge in [0.25, 0.3) is 0 Å². The molecule has 2 rings (SSSR count). The number of carbonyl (C=O) groups is 1. The molecule has 0 aliphatic heterocycles. The summed E-state index contributed by atoms with van der Waals surface area (Å²) in [5.41, 5.74) is 7.62. The molecule has 0 aliphatic rings. The second-order valence-electron chi connectivity index (χ2n) is 5.67. The average molecular weight is 373 g/mol. The van der Waals surface area contributed by atoms with Gasteiger partial charge < -0.3 is 0 Å². The normalized spacial score (nSPS) is 10.6. The van der Waals surface area contributed by atoms with Gasteiger partial charge in [0, 0.05) is 21.1 Å². The van der Waals surface area contributed by atoms with Gasteiger partial charge >= 0.3 is 0 Å². The topological polar surface area (TPSA) is 17.1 Å². The standard InChI is InChI=1S/C20H21O.Mo/c1-13-7-6-8-14(2)20(13)19(21)10-9-18-11-15(3)17(5)16(4)12-18;/h7-12H,1-5H3;/q-1;/b10-9+;. The fraction of sp³-hybridized carbons (Fsp3) is 0.250. The van der Waals surface area contributed by atoms with E-state index in [4.69, 9.17) is 0 Å². The molecule has 0 atom stereocenters. The van der Waals surface area contributed by atoms with Crippen LogP contribution in [0.15, 0.2) is 30.3 Å². The maximum Gasteiger partial charge on any atom is 0.162 e. The number of hydrogen-bond donors (Lipinski definition) is 0. The van der Waals surface area contributed by atoms with Crippen molar-refractivity contribution in [3.8, 4) is 0 Å². The molecule has 0 aliphatic carbocycles. The van der Waals surface area contributed by atoms with Crippen LogP contribution in [0.3, 0.4) is 0 Å². The Labute approximate surface area is 147 Å². The fourth-order valence-electron chi connectivity index (χ4n) is 2.56. The van der Waals surface area contributed by atoms with Gasteiger partial charge in [-0.2, -0.15) is 18.2 Å². The predicted octanol–water partition coefficient (Wildman–Crippen LogP) is 4.92. The van der Waals surface area contributed by atoms with E-state index in [-0.39, 0.29) is 26.8 Å². The molecule has 0 saturated carbocycles. The average Bonchev–Trinajstić information content (AvgIpc) is 2.42. The summed E-state index contributed by atoms with van der Waals surface area (Å²) >= 11 is 0. The Morgan fingerprint density at radius 2 is 1.41 bits per heavy atom. The Morgan fingerprint density at radius 3 is 1.91 bits per heavy atom. The Balaban J connectivity index is 0.00000242. The SMILES string of the molecule is Cc1cc(/C=C/C(=O)c2c(C)c[c-]cc2C)cc(C)c1C.[Mo]. The van der Waals surface area contributed by atoms with Gasteiger partial charge in [-0.1, -0.05) is 37.6 Å². The molecule has 22 heavy (non-hydrogen) atoms. The predicted molar refractivity (Wildman–Crippen MR) is 88.8 cm³/mol. The number of carbonyl (C=O) groups excluding carboxylic acids is 1. The zero-order valence-corrected chi connectivity index (χ0v) is 15.8. The van der Waals surface area contributed by atoms with Gasteiger partial charge in [-0.15, -0.1) is 11.1 Å². The minimum Gasteiger partial charge on any atom is -0.292 e. The van der Waals surface area contributed by atoms with Crippen molar-refractivity contribution < 1.29 is 25.9 Å². The van der Waals surface area contributed by atoms with E-state index >= 15 is 0 Å². The summed E-state index contributed by atoms with van der Waals surface area (Å²) in [7, 11) is 0. The number of hydrogen-bond acceptors (Lipinski definition) is 1. The van der Waals surface area contributed by atoms with Gasteiger partial charge in [0.05, 0.1) is 0 Å². The first-order valence-electron chi connectivity index (χ1n) is 7.17. The summed E-state index contributed by atoms with van der Waals surface area (Å²) < 4.78 is 0. The van der Waals surface area contributed by atoms with Crippen molar-refractivity contribution in [1.82, 2.24) is 0 Å². The molecular weight excluding hydrogens is 352 g/mol. The number of allylic oxidation sites excluding steroid dienone is 1. The maximum atomic E-state index is 12.4. The molecule has 1 nitrogen and oxygen atoms in total. The molecule has 0 saturated heterocycles. The van der Waals surface area contributed by atoms with Crippen LogP contribution in [0, 0.1) is 40.7 Å². The summed E-state index contributed by atoms with van der Waals surface area (Å²) in [4.78, 5) is 12.4. The van der Waals surface area contributed by atoms with E-state index in [2.05, 4.69) is 39.0 Å². The van der Waals surface area contributed by atoms with E-state index in [1.807, 2.05) is 32.1 Å². The smallest absolute Gasteiger partial charge is 0.162 e. The number of ketones is 1. The maximum absolute atomic E-state index is 12.4. The van der Waals surface area contributed by atoms with Crippen LogP contribution in [0.2, 0.25) is 0 Å². The van der Waals surface area contributed by atoms with Crippen molar-refractivity contribution in [2.75, 3.05) is 0 Å². The van der Waals surface area contributed by atoms with E-state index in [0.29, 0.717) is 0 Å². The van der Waals surface area contributed by atoms with Crippen LogP contribution in [0.25, 0.3) is 6.08 Å². The Hall–Kier alpha value is -1.46. The fourth-order valence-corrected chi connectivity index (χ4v) is 2.56. The van der Waals surface area contributed by atoms with E-state index in [9.17, 15) is 4.79 Å². The summed E-state index contributed by atoms with van der Waals surface area (Å²) in [6.45, 7) is 10.2. The first kappa shape index (κ1) is 18.6. The Kier molecular flexibility index (Phi) is 6.50. The second-order valence-corrected chi connectivity index (χ2v) is 5.67. The zero-order valence-electron chi connectivity index (χ0n) is 13.8. The molecule has 2 aromatic carbocycles. The second kappa shape index (κ2) is 7.70. The Morgan fingerprint density at radius 1 is 0.909 bits per heavy atom. The zero-order chi connectivity index (χ0) is 15.6. The van der Waals surface area contributed by atoms with Crippen LogP contribution < -0.4 is 0 Å². The number of rotatable bonds is 3. The van der Waals surface area contributed by atoms with E-state index in [1.54, 1.807) is 6.08 Å². The quantitative estimate of drug-likeness (QED) is 0.323. The van der Waals surface area contributed by atoms with Crippen LogP contribution in [0.4, 0.5) is 0 Å². The summed E-state index contributed by atoms with van der Waals surface area (Å²) in [5, 5.41) is 0.